The molecule has 144 valence electrons. The fourth-order valence-electron chi connectivity index (χ4n) is 2.29. The van der Waals surface area contributed by atoms with Crippen molar-refractivity contribution in [1.29, 1.82) is 0 Å². The molecule has 0 unspecified atom stereocenters. The minimum absolute atomic E-state index is 0. The molecule has 0 aliphatic rings. The number of aromatic hydroxyl groups is 2. The van der Waals surface area contributed by atoms with Crippen LogP contribution in [0.2, 0.25) is 5.02 Å². The van der Waals surface area contributed by atoms with Gasteiger partial charge in [0.05, 0.1) is 17.7 Å². The maximum absolute atomic E-state index is 12.2. The minimum atomic E-state index is -0.345. The summed E-state index contributed by atoms with van der Waals surface area (Å²) in [7, 11) is 1.42. The summed E-state index contributed by atoms with van der Waals surface area (Å²) in [6.07, 6.45) is 6.36. The second-order valence-electron chi connectivity index (χ2n) is 5.88. The number of carbonyl (C=O) groups excluding carboxylic acids is 1. The topological polar surface area (TPSA) is 79.6 Å². The maximum Gasteiger partial charge on any atom is 0.204 e. The summed E-state index contributed by atoms with van der Waals surface area (Å²) in [5.74, 6) is -0.289. The highest BCUT2D eigenvalue weighted by Gasteiger charge is 2.16. The SMILES string of the molecule is COc1cc(O)c(CC=C(C)C)c(O)c1/C=C/C(=O)c1ccc(Cl)cn1.Cl. The summed E-state index contributed by atoms with van der Waals surface area (Å²) in [4.78, 5) is 16.2. The van der Waals surface area contributed by atoms with E-state index in [0.717, 1.165) is 5.57 Å². The number of phenolic OH excluding ortho intramolecular Hbond substituents is 2. The fourth-order valence-corrected chi connectivity index (χ4v) is 2.40. The second-order valence-corrected chi connectivity index (χ2v) is 6.32. The van der Waals surface area contributed by atoms with Crippen LogP contribution in [-0.2, 0) is 6.42 Å². The first-order chi connectivity index (χ1) is 12.3. The first-order valence-corrected chi connectivity index (χ1v) is 8.30. The first-order valence-electron chi connectivity index (χ1n) is 7.92. The van der Waals surface area contributed by atoms with Gasteiger partial charge < -0.3 is 14.9 Å². The van der Waals surface area contributed by atoms with E-state index in [1.807, 2.05) is 19.9 Å². The molecule has 2 aromatic rings. The number of hydrogen-bond acceptors (Lipinski definition) is 5. The van der Waals surface area contributed by atoms with Crippen molar-refractivity contribution in [3.05, 3.63) is 64.0 Å². The van der Waals surface area contributed by atoms with Crippen LogP contribution >= 0.6 is 24.0 Å². The van der Waals surface area contributed by atoms with Gasteiger partial charge in [0.25, 0.3) is 0 Å². The normalized spacial score (nSPS) is 10.4. The lowest BCUT2D eigenvalue weighted by atomic mass is 10.0. The molecule has 0 saturated carbocycles. The van der Waals surface area contributed by atoms with E-state index >= 15 is 0 Å². The van der Waals surface area contributed by atoms with Crippen molar-refractivity contribution in [2.75, 3.05) is 7.11 Å². The van der Waals surface area contributed by atoms with Crippen LogP contribution in [0, 0.1) is 0 Å². The number of ether oxygens (including phenoxy) is 1. The van der Waals surface area contributed by atoms with Crippen LogP contribution in [0.25, 0.3) is 6.08 Å². The highest BCUT2D eigenvalue weighted by molar-refractivity contribution is 6.30. The number of allylic oxidation sites excluding steroid dienone is 3. The van der Waals surface area contributed by atoms with Crippen molar-refractivity contribution in [2.45, 2.75) is 20.3 Å². The molecule has 27 heavy (non-hydrogen) atoms. The Labute approximate surface area is 169 Å². The Bertz CT molecular complexity index is 871. The number of methoxy groups -OCH3 is 1. The molecule has 0 amide bonds. The minimum Gasteiger partial charge on any atom is -0.507 e. The largest absolute Gasteiger partial charge is 0.507 e. The third kappa shape index (κ3) is 5.74. The van der Waals surface area contributed by atoms with Gasteiger partial charge in [-0.3, -0.25) is 9.78 Å². The molecule has 1 aromatic heterocycles. The van der Waals surface area contributed by atoms with Crippen LogP contribution in [0.5, 0.6) is 17.2 Å². The zero-order valence-electron chi connectivity index (χ0n) is 15.2. The zero-order valence-corrected chi connectivity index (χ0v) is 16.8. The molecule has 2 rings (SSSR count). The van der Waals surface area contributed by atoms with E-state index in [1.54, 1.807) is 6.07 Å². The predicted molar refractivity (Wildman–Crippen MR) is 109 cm³/mol. The Morgan fingerprint density at radius 1 is 1.30 bits per heavy atom. The monoisotopic (exact) mass is 409 g/mol. The average Bonchev–Trinajstić information content (AvgIpc) is 2.60. The van der Waals surface area contributed by atoms with Gasteiger partial charge in [-0.2, -0.15) is 0 Å². The number of hydrogen-bond donors (Lipinski definition) is 2. The molecule has 1 heterocycles. The number of aromatic nitrogens is 1. The van der Waals surface area contributed by atoms with Crippen LogP contribution in [0.1, 0.15) is 35.5 Å². The summed E-state index contributed by atoms with van der Waals surface area (Å²) in [5.41, 5.74) is 1.96. The molecule has 0 aliphatic heterocycles. The third-order valence-corrected chi connectivity index (χ3v) is 3.92. The summed E-state index contributed by atoms with van der Waals surface area (Å²) in [6.45, 7) is 3.85. The van der Waals surface area contributed by atoms with E-state index < -0.39 is 0 Å². The summed E-state index contributed by atoms with van der Waals surface area (Å²) < 4.78 is 5.21. The Kier molecular flexibility index (Phi) is 8.34. The van der Waals surface area contributed by atoms with Crippen molar-refractivity contribution in [3.8, 4) is 17.2 Å². The molecule has 0 bridgehead atoms. The van der Waals surface area contributed by atoms with E-state index in [1.165, 1.54) is 37.6 Å². The lowest BCUT2D eigenvalue weighted by molar-refractivity contribution is 0.104. The summed E-state index contributed by atoms with van der Waals surface area (Å²) in [5, 5.41) is 21.1. The molecule has 1 aromatic carbocycles. The van der Waals surface area contributed by atoms with E-state index in [0.29, 0.717) is 22.6 Å². The molecule has 0 radical (unpaired) electrons. The van der Waals surface area contributed by atoms with Gasteiger partial charge in [0.1, 0.15) is 22.9 Å². The smallest absolute Gasteiger partial charge is 0.204 e. The Hall–Kier alpha value is -2.50. The maximum atomic E-state index is 12.2. The summed E-state index contributed by atoms with van der Waals surface area (Å²) in [6, 6.07) is 4.51. The van der Waals surface area contributed by atoms with Gasteiger partial charge in [-0.05, 0) is 44.6 Å². The quantitative estimate of drug-likeness (QED) is 0.399. The van der Waals surface area contributed by atoms with Crippen molar-refractivity contribution in [2.24, 2.45) is 0 Å². The van der Waals surface area contributed by atoms with Gasteiger partial charge in [-0.15, -0.1) is 12.4 Å². The lowest BCUT2D eigenvalue weighted by Gasteiger charge is -2.13. The van der Waals surface area contributed by atoms with Crippen LogP contribution < -0.4 is 4.74 Å². The first kappa shape index (κ1) is 22.5. The van der Waals surface area contributed by atoms with Gasteiger partial charge in [-0.25, -0.2) is 0 Å². The van der Waals surface area contributed by atoms with E-state index in [2.05, 4.69) is 4.98 Å². The molecule has 7 heteroatoms. The Balaban J connectivity index is 0.00000364. The molecule has 0 atom stereocenters. The Morgan fingerprint density at radius 2 is 2.00 bits per heavy atom. The molecule has 2 N–H and O–H groups in total. The van der Waals surface area contributed by atoms with Crippen LogP contribution in [0.3, 0.4) is 0 Å². The van der Waals surface area contributed by atoms with Crippen LogP contribution in [0.15, 0.2) is 42.1 Å². The molecule has 0 aliphatic carbocycles. The lowest BCUT2D eigenvalue weighted by Crippen LogP contribution is -1.98. The number of halogens is 2. The molecule has 0 fully saturated rings. The average molecular weight is 410 g/mol. The number of pyridine rings is 1. The van der Waals surface area contributed by atoms with Gasteiger partial charge >= 0.3 is 0 Å². The summed E-state index contributed by atoms with van der Waals surface area (Å²) >= 11 is 5.76. The van der Waals surface area contributed by atoms with Gasteiger partial charge in [0, 0.05) is 17.8 Å². The predicted octanol–water partition coefficient (Wildman–Crippen LogP) is 4.98. The van der Waals surface area contributed by atoms with Crippen molar-refractivity contribution in [1.82, 2.24) is 4.98 Å². The molecular weight excluding hydrogens is 389 g/mol. The number of benzene rings is 1. The van der Waals surface area contributed by atoms with Gasteiger partial charge in [0.15, 0.2) is 0 Å². The van der Waals surface area contributed by atoms with Crippen molar-refractivity contribution in [3.63, 3.8) is 0 Å². The van der Waals surface area contributed by atoms with E-state index in [4.69, 9.17) is 16.3 Å². The van der Waals surface area contributed by atoms with Crippen LogP contribution in [0.4, 0.5) is 0 Å². The van der Waals surface area contributed by atoms with Gasteiger partial charge in [-0.1, -0.05) is 23.3 Å². The van der Waals surface area contributed by atoms with Gasteiger partial charge in [0.2, 0.25) is 5.78 Å². The highest BCUT2D eigenvalue weighted by atomic mass is 35.5. The zero-order chi connectivity index (χ0) is 19.3. The highest BCUT2D eigenvalue weighted by Crippen LogP contribution is 2.39. The molecule has 0 spiro atoms. The third-order valence-electron chi connectivity index (χ3n) is 3.70. The Morgan fingerprint density at radius 3 is 2.56 bits per heavy atom. The molecule has 5 nitrogen and oxygen atoms in total. The number of rotatable bonds is 6. The standard InChI is InChI=1S/C20H20ClNO4.ClH/c1-12(2)4-6-14-18(24)10-19(26-3)15(20(14)25)7-9-17(23)16-8-5-13(21)11-22-16;/h4-5,7-11,24-25H,6H2,1-3H3;1H/b9-7+;. The number of nitrogens with zero attached hydrogens (tertiary/aromatic N) is 1. The van der Waals surface area contributed by atoms with Crippen molar-refractivity contribution >= 4 is 35.9 Å². The second kappa shape index (κ2) is 10.00. The fraction of sp³-hybridized carbons (Fsp3) is 0.200. The van der Waals surface area contributed by atoms with E-state index in [-0.39, 0.29) is 41.1 Å². The van der Waals surface area contributed by atoms with Crippen molar-refractivity contribution < 1.29 is 19.7 Å². The molecular formula is C20H21Cl2NO4. The van der Waals surface area contributed by atoms with E-state index in [9.17, 15) is 15.0 Å². The van der Waals surface area contributed by atoms with Crippen LogP contribution in [-0.4, -0.2) is 28.1 Å². The number of carbonyl (C=O) groups is 1. The number of phenols is 2. The number of ketones is 1. The molecule has 0 saturated heterocycles.